The molecule has 138 valence electrons. The summed E-state index contributed by atoms with van der Waals surface area (Å²) in [5.74, 6) is 0.567. The van der Waals surface area contributed by atoms with Crippen molar-refractivity contribution in [2.24, 2.45) is 0 Å². The van der Waals surface area contributed by atoms with E-state index in [0.717, 1.165) is 11.1 Å². The van der Waals surface area contributed by atoms with Crippen LogP contribution in [0.4, 0.5) is 22.0 Å². The Bertz CT molecular complexity index is 1030. The third kappa shape index (κ3) is 3.55. The first kappa shape index (κ1) is 16.9. The van der Waals surface area contributed by atoms with Crippen molar-refractivity contribution in [1.82, 2.24) is 9.88 Å². The van der Waals surface area contributed by atoms with E-state index in [2.05, 4.69) is 15.2 Å². The molecule has 3 heterocycles. The van der Waals surface area contributed by atoms with Crippen LogP contribution in [0, 0.1) is 0 Å². The van der Waals surface area contributed by atoms with Crippen LogP contribution in [0.1, 0.15) is 0 Å². The molecule has 2 aromatic heterocycles. The van der Waals surface area contributed by atoms with E-state index < -0.39 is 11.7 Å². The van der Waals surface area contributed by atoms with Crippen LogP contribution < -0.4 is 15.8 Å². The standard InChI is InChI=1S/C19H18N4O4/c24-18-15(21-17-3-1-2-6-20-17)11-13-4-5-14(12-16(13)27-18)22-7-9-23(10-8-22)19(25)26/h1-6,11-12H,7-10H2,(H,20,21)(H,25,26). The van der Waals surface area contributed by atoms with Crippen molar-refractivity contribution in [1.29, 1.82) is 0 Å². The van der Waals surface area contributed by atoms with Gasteiger partial charge in [-0.05, 0) is 30.3 Å². The zero-order valence-electron chi connectivity index (χ0n) is 14.5. The lowest BCUT2D eigenvalue weighted by Crippen LogP contribution is -2.48. The molecule has 1 aliphatic heterocycles. The molecule has 0 radical (unpaired) electrons. The van der Waals surface area contributed by atoms with Gasteiger partial charge < -0.3 is 24.6 Å². The lowest BCUT2D eigenvalue weighted by atomic mass is 10.2. The monoisotopic (exact) mass is 366 g/mol. The summed E-state index contributed by atoms with van der Waals surface area (Å²) < 4.78 is 5.48. The number of fused-ring (bicyclic) bond motifs is 1. The van der Waals surface area contributed by atoms with Gasteiger partial charge in [-0.1, -0.05) is 6.07 Å². The minimum atomic E-state index is -0.896. The van der Waals surface area contributed by atoms with Crippen molar-refractivity contribution >= 4 is 34.3 Å². The van der Waals surface area contributed by atoms with Gasteiger partial charge in [-0.25, -0.2) is 14.6 Å². The summed E-state index contributed by atoms with van der Waals surface area (Å²) in [5, 5.41) is 12.8. The average Bonchev–Trinajstić information content (AvgIpc) is 2.69. The van der Waals surface area contributed by atoms with Gasteiger partial charge in [0.1, 0.15) is 17.1 Å². The number of amides is 1. The number of hydrogen-bond donors (Lipinski definition) is 2. The molecule has 2 N–H and O–H groups in total. The van der Waals surface area contributed by atoms with Gasteiger partial charge in [0.2, 0.25) is 0 Å². The van der Waals surface area contributed by atoms with Gasteiger partial charge in [0.15, 0.2) is 0 Å². The predicted molar refractivity (Wildman–Crippen MR) is 102 cm³/mol. The highest BCUT2D eigenvalue weighted by atomic mass is 16.4. The summed E-state index contributed by atoms with van der Waals surface area (Å²) in [6.07, 6.45) is 0.744. The first-order valence-electron chi connectivity index (χ1n) is 8.59. The fourth-order valence-corrected chi connectivity index (χ4v) is 3.11. The normalized spacial score (nSPS) is 14.4. The first-order chi connectivity index (χ1) is 13.1. The molecule has 0 spiro atoms. The van der Waals surface area contributed by atoms with E-state index in [9.17, 15) is 9.59 Å². The highest BCUT2D eigenvalue weighted by molar-refractivity contribution is 5.83. The predicted octanol–water partition coefficient (Wildman–Crippen LogP) is 2.73. The molecule has 8 heteroatoms. The Labute approximate surface area is 154 Å². The van der Waals surface area contributed by atoms with Gasteiger partial charge in [0.05, 0.1) is 0 Å². The molecule has 8 nitrogen and oxygen atoms in total. The van der Waals surface area contributed by atoms with E-state index in [4.69, 9.17) is 9.52 Å². The van der Waals surface area contributed by atoms with Crippen LogP contribution in [0.3, 0.4) is 0 Å². The third-order valence-corrected chi connectivity index (χ3v) is 4.56. The van der Waals surface area contributed by atoms with Gasteiger partial charge in [-0.3, -0.25) is 0 Å². The van der Waals surface area contributed by atoms with Crippen molar-refractivity contribution in [3.63, 3.8) is 0 Å². The molecule has 3 aromatic rings. The summed E-state index contributed by atoms with van der Waals surface area (Å²) in [6, 6.07) is 12.8. The summed E-state index contributed by atoms with van der Waals surface area (Å²) in [7, 11) is 0. The Morgan fingerprint density at radius 3 is 2.63 bits per heavy atom. The number of benzene rings is 1. The minimum absolute atomic E-state index is 0.323. The number of hydrogen-bond acceptors (Lipinski definition) is 6. The van der Waals surface area contributed by atoms with E-state index in [1.807, 2.05) is 24.3 Å². The van der Waals surface area contributed by atoms with Crippen LogP contribution in [0.5, 0.6) is 0 Å². The maximum Gasteiger partial charge on any atom is 0.407 e. The number of carboxylic acid groups (broad SMARTS) is 1. The van der Waals surface area contributed by atoms with Gasteiger partial charge in [0.25, 0.3) is 0 Å². The average molecular weight is 366 g/mol. The second-order valence-electron chi connectivity index (χ2n) is 6.27. The minimum Gasteiger partial charge on any atom is -0.465 e. The Morgan fingerprint density at radius 2 is 1.93 bits per heavy atom. The quantitative estimate of drug-likeness (QED) is 0.688. The molecule has 1 fully saturated rings. The molecule has 27 heavy (non-hydrogen) atoms. The lowest BCUT2D eigenvalue weighted by molar-refractivity contribution is 0.142. The Balaban J connectivity index is 1.58. The molecule has 1 aliphatic rings. The van der Waals surface area contributed by atoms with Gasteiger partial charge in [-0.2, -0.15) is 0 Å². The maximum atomic E-state index is 12.3. The topological polar surface area (TPSA) is 98.9 Å². The molecule has 0 aliphatic carbocycles. The molecule has 0 saturated carbocycles. The zero-order valence-corrected chi connectivity index (χ0v) is 14.5. The number of nitrogens with one attached hydrogen (secondary N) is 1. The van der Waals surface area contributed by atoms with Crippen LogP contribution >= 0.6 is 0 Å². The van der Waals surface area contributed by atoms with Crippen LogP contribution in [0.15, 0.2) is 57.9 Å². The van der Waals surface area contributed by atoms with Crippen molar-refractivity contribution in [2.45, 2.75) is 0 Å². The molecule has 4 rings (SSSR count). The second-order valence-corrected chi connectivity index (χ2v) is 6.27. The molecule has 0 bridgehead atoms. The lowest BCUT2D eigenvalue weighted by Gasteiger charge is -2.34. The molecule has 0 unspecified atom stereocenters. The number of rotatable bonds is 3. The second kappa shape index (κ2) is 6.99. The number of nitrogens with zero attached hydrogens (tertiary/aromatic N) is 3. The van der Waals surface area contributed by atoms with E-state index in [0.29, 0.717) is 43.3 Å². The van der Waals surface area contributed by atoms with Gasteiger partial charge in [-0.15, -0.1) is 0 Å². The van der Waals surface area contributed by atoms with Crippen LogP contribution in [-0.4, -0.2) is 47.3 Å². The van der Waals surface area contributed by atoms with Crippen LogP contribution in [-0.2, 0) is 0 Å². The number of pyridine rings is 1. The molecule has 1 amide bonds. The number of carbonyl (C=O) groups is 1. The van der Waals surface area contributed by atoms with Gasteiger partial charge >= 0.3 is 11.7 Å². The summed E-state index contributed by atoms with van der Waals surface area (Å²) in [6.45, 7) is 2.09. The fourth-order valence-electron chi connectivity index (χ4n) is 3.11. The number of anilines is 3. The van der Waals surface area contributed by atoms with E-state index in [-0.39, 0.29) is 0 Å². The Morgan fingerprint density at radius 1 is 1.11 bits per heavy atom. The summed E-state index contributed by atoms with van der Waals surface area (Å²) in [4.78, 5) is 30.9. The Hall–Kier alpha value is -3.55. The third-order valence-electron chi connectivity index (χ3n) is 4.56. The largest absolute Gasteiger partial charge is 0.465 e. The highest BCUT2D eigenvalue weighted by Crippen LogP contribution is 2.24. The SMILES string of the molecule is O=C(O)N1CCN(c2ccc3cc(Nc4ccccn4)c(=O)oc3c2)CC1. The smallest absolute Gasteiger partial charge is 0.407 e. The molecule has 1 saturated heterocycles. The molecule has 0 atom stereocenters. The fraction of sp³-hybridized carbons (Fsp3) is 0.211. The van der Waals surface area contributed by atoms with Crippen molar-refractivity contribution in [3.05, 3.63) is 59.1 Å². The zero-order chi connectivity index (χ0) is 18.8. The molecular weight excluding hydrogens is 348 g/mol. The summed E-state index contributed by atoms with van der Waals surface area (Å²) in [5.41, 5.74) is 1.25. The van der Waals surface area contributed by atoms with Crippen LogP contribution in [0.25, 0.3) is 11.0 Å². The Kier molecular flexibility index (Phi) is 4.37. The molecular formula is C19H18N4O4. The summed E-state index contributed by atoms with van der Waals surface area (Å²) >= 11 is 0. The van der Waals surface area contributed by atoms with Crippen LogP contribution in [0.2, 0.25) is 0 Å². The first-order valence-corrected chi connectivity index (χ1v) is 8.59. The maximum absolute atomic E-state index is 12.3. The van der Waals surface area contributed by atoms with E-state index in [1.165, 1.54) is 4.90 Å². The van der Waals surface area contributed by atoms with E-state index in [1.54, 1.807) is 24.4 Å². The molecule has 1 aromatic carbocycles. The van der Waals surface area contributed by atoms with Crippen molar-refractivity contribution in [2.75, 3.05) is 36.4 Å². The van der Waals surface area contributed by atoms with Gasteiger partial charge in [0, 0.05) is 49.5 Å². The van der Waals surface area contributed by atoms with Crippen molar-refractivity contribution < 1.29 is 14.3 Å². The number of aromatic nitrogens is 1. The van der Waals surface area contributed by atoms with E-state index >= 15 is 0 Å². The van der Waals surface area contributed by atoms with Crippen molar-refractivity contribution in [3.8, 4) is 0 Å². The highest BCUT2D eigenvalue weighted by Gasteiger charge is 2.21. The number of piperazine rings is 1.